The molecule has 0 bridgehead atoms. The molecule has 3 aromatic rings. The van der Waals surface area contributed by atoms with Crippen molar-refractivity contribution in [3.05, 3.63) is 58.0 Å². The molecule has 0 aliphatic heterocycles. The van der Waals surface area contributed by atoms with Crippen molar-refractivity contribution in [3.8, 4) is 0 Å². The van der Waals surface area contributed by atoms with Crippen LogP contribution in [0.1, 0.15) is 11.5 Å². The summed E-state index contributed by atoms with van der Waals surface area (Å²) in [6.07, 6.45) is 6.00. The molecule has 21 heavy (non-hydrogen) atoms. The van der Waals surface area contributed by atoms with Gasteiger partial charge in [0, 0.05) is 11.5 Å². The molecule has 3 aromatic heterocycles. The van der Waals surface area contributed by atoms with Crippen molar-refractivity contribution in [3.63, 3.8) is 0 Å². The van der Waals surface area contributed by atoms with E-state index in [0.717, 1.165) is 11.5 Å². The summed E-state index contributed by atoms with van der Waals surface area (Å²) in [6, 6.07) is 6.97. The highest BCUT2D eigenvalue weighted by Gasteiger charge is 2.05. The summed E-state index contributed by atoms with van der Waals surface area (Å²) in [4.78, 5) is 14.7. The van der Waals surface area contributed by atoms with Crippen LogP contribution in [-0.2, 0) is 0 Å². The highest BCUT2D eigenvalue weighted by atomic mass is 32.1. The largest absolute Gasteiger partial charge is 0.463 e. The Bertz CT molecular complexity index is 798. The highest BCUT2D eigenvalue weighted by Crippen LogP contribution is 2.06. The number of nitrogens with one attached hydrogen (secondary N) is 1. The third kappa shape index (κ3) is 3.34. The Labute approximate surface area is 122 Å². The summed E-state index contributed by atoms with van der Waals surface area (Å²) in [5, 5.41) is 8.00. The van der Waals surface area contributed by atoms with E-state index in [1.54, 1.807) is 24.3 Å². The van der Waals surface area contributed by atoms with Crippen molar-refractivity contribution in [2.24, 2.45) is 10.2 Å². The number of hydrogen-bond donors (Lipinski definition) is 1. The second kappa shape index (κ2) is 6.01. The van der Waals surface area contributed by atoms with E-state index in [0.29, 0.717) is 11.5 Å². The fraction of sp³-hybridized carbons (Fsp3) is 0. The van der Waals surface area contributed by atoms with Crippen LogP contribution in [0.4, 0.5) is 5.95 Å². The maximum absolute atomic E-state index is 11.3. The average molecular weight is 303 g/mol. The lowest BCUT2D eigenvalue weighted by molar-refractivity contribution is 0.559. The zero-order valence-corrected chi connectivity index (χ0v) is 11.4. The van der Waals surface area contributed by atoms with Crippen molar-refractivity contribution in [1.29, 1.82) is 0 Å². The van der Waals surface area contributed by atoms with E-state index in [1.807, 2.05) is 0 Å². The molecule has 106 valence electrons. The Morgan fingerprint density at radius 1 is 1.19 bits per heavy atom. The van der Waals surface area contributed by atoms with E-state index in [9.17, 15) is 4.79 Å². The first-order valence-corrected chi connectivity index (χ1v) is 6.59. The van der Waals surface area contributed by atoms with Crippen LogP contribution in [0.2, 0.25) is 0 Å². The number of furan rings is 2. The van der Waals surface area contributed by atoms with E-state index >= 15 is 0 Å². The SMILES string of the molecule is O=c1nc(N/N=C/c2ccco2)n(/N=C/c2ccco2)s1. The molecule has 3 heterocycles. The topological polar surface area (TPSA) is 97.9 Å². The van der Waals surface area contributed by atoms with Crippen molar-refractivity contribution in [2.45, 2.75) is 0 Å². The molecule has 0 unspecified atom stereocenters. The van der Waals surface area contributed by atoms with Gasteiger partial charge in [-0.2, -0.15) is 15.2 Å². The van der Waals surface area contributed by atoms with E-state index in [-0.39, 0.29) is 10.8 Å². The van der Waals surface area contributed by atoms with Gasteiger partial charge in [0.05, 0.1) is 25.0 Å². The van der Waals surface area contributed by atoms with E-state index in [4.69, 9.17) is 8.83 Å². The van der Waals surface area contributed by atoms with Crippen LogP contribution in [0.5, 0.6) is 0 Å². The first kappa shape index (κ1) is 13.1. The minimum Gasteiger partial charge on any atom is -0.463 e. The molecule has 0 spiro atoms. The Balaban J connectivity index is 1.75. The minimum atomic E-state index is -0.387. The van der Waals surface area contributed by atoms with Crippen molar-refractivity contribution >= 4 is 29.9 Å². The monoisotopic (exact) mass is 303 g/mol. The lowest BCUT2D eigenvalue weighted by Crippen LogP contribution is -1.99. The summed E-state index contributed by atoms with van der Waals surface area (Å²) in [5.41, 5.74) is 2.63. The molecule has 0 aliphatic carbocycles. The molecule has 0 saturated carbocycles. The molecule has 0 aliphatic rings. The number of hydrogen-bond acceptors (Lipinski definition) is 8. The predicted octanol–water partition coefficient (Wildman–Crippen LogP) is 1.82. The molecule has 0 radical (unpaired) electrons. The number of nitrogens with zero attached hydrogens (tertiary/aromatic N) is 4. The molecular weight excluding hydrogens is 294 g/mol. The normalized spacial score (nSPS) is 11.6. The molecule has 0 fully saturated rings. The number of hydrazone groups is 1. The molecular formula is C12H9N5O3S. The van der Waals surface area contributed by atoms with Gasteiger partial charge in [0.2, 0.25) is 0 Å². The van der Waals surface area contributed by atoms with Crippen molar-refractivity contribution in [2.75, 3.05) is 5.43 Å². The fourth-order valence-electron chi connectivity index (χ4n) is 1.41. The zero-order valence-electron chi connectivity index (χ0n) is 10.5. The van der Waals surface area contributed by atoms with Gasteiger partial charge in [-0.1, -0.05) is 0 Å². The summed E-state index contributed by atoms with van der Waals surface area (Å²) in [7, 11) is 0. The third-order valence-corrected chi connectivity index (χ3v) is 2.96. The number of aromatic nitrogens is 2. The maximum Gasteiger partial charge on any atom is 0.347 e. The summed E-state index contributed by atoms with van der Waals surface area (Å²) >= 11 is 0.835. The van der Waals surface area contributed by atoms with Crippen molar-refractivity contribution < 1.29 is 8.83 Å². The van der Waals surface area contributed by atoms with Crippen molar-refractivity contribution in [1.82, 2.24) is 9.05 Å². The lowest BCUT2D eigenvalue weighted by Gasteiger charge is -1.97. The van der Waals surface area contributed by atoms with Gasteiger partial charge in [0.1, 0.15) is 11.5 Å². The second-order valence-corrected chi connectivity index (χ2v) is 4.59. The smallest absolute Gasteiger partial charge is 0.347 e. The summed E-state index contributed by atoms with van der Waals surface area (Å²) in [6.45, 7) is 0. The van der Waals surface area contributed by atoms with Crippen LogP contribution >= 0.6 is 11.5 Å². The van der Waals surface area contributed by atoms with E-state index in [2.05, 4.69) is 20.6 Å². The minimum absolute atomic E-state index is 0.204. The zero-order chi connectivity index (χ0) is 14.5. The van der Waals surface area contributed by atoms with Crippen LogP contribution < -0.4 is 10.3 Å². The summed E-state index contributed by atoms with van der Waals surface area (Å²) in [5.74, 6) is 1.34. The number of anilines is 1. The van der Waals surface area contributed by atoms with Crippen LogP contribution in [0.25, 0.3) is 0 Å². The molecule has 0 saturated heterocycles. The van der Waals surface area contributed by atoms with Crippen LogP contribution in [0, 0.1) is 0 Å². The first-order chi connectivity index (χ1) is 10.3. The maximum atomic E-state index is 11.3. The lowest BCUT2D eigenvalue weighted by atomic mass is 10.5. The highest BCUT2D eigenvalue weighted by molar-refractivity contribution is 7.03. The van der Waals surface area contributed by atoms with Gasteiger partial charge in [-0.3, -0.25) is 4.79 Å². The van der Waals surface area contributed by atoms with Gasteiger partial charge in [-0.15, -0.1) is 4.07 Å². The van der Waals surface area contributed by atoms with Gasteiger partial charge in [0.25, 0.3) is 5.95 Å². The average Bonchev–Trinajstić information content (AvgIpc) is 3.18. The Morgan fingerprint density at radius 3 is 2.57 bits per heavy atom. The molecule has 0 aromatic carbocycles. The Hall–Kier alpha value is -2.94. The Morgan fingerprint density at radius 2 is 1.90 bits per heavy atom. The van der Waals surface area contributed by atoms with Crippen LogP contribution in [0.15, 0.2) is 60.6 Å². The standard InChI is InChI=1S/C12H9N5O3S/c18-12-15-11(16-13-7-9-3-1-5-19-9)17(21-12)14-8-10-4-2-6-20-10/h1-8H,(H,15,16,18)/b13-7+,14-8+. The predicted molar refractivity (Wildman–Crippen MR) is 78.0 cm³/mol. The molecule has 1 N–H and O–H groups in total. The molecule has 3 rings (SSSR count). The van der Waals surface area contributed by atoms with Gasteiger partial charge >= 0.3 is 4.87 Å². The quantitative estimate of drug-likeness (QED) is 0.572. The second-order valence-electron chi connectivity index (χ2n) is 3.71. The van der Waals surface area contributed by atoms with E-state index < -0.39 is 0 Å². The Kier molecular flexibility index (Phi) is 3.74. The molecule has 8 nitrogen and oxygen atoms in total. The summed E-state index contributed by atoms with van der Waals surface area (Å²) < 4.78 is 11.5. The van der Waals surface area contributed by atoms with Crippen LogP contribution in [-0.4, -0.2) is 21.5 Å². The molecule has 9 heteroatoms. The van der Waals surface area contributed by atoms with Gasteiger partial charge in [0.15, 0.2) is 0 Å². The van der Waals surface area contributed by atoms with Gasteiger partial charge in [-0.05, 0) is 24.3 Å². The first-order valence-electron chi connectivity index (χ1n) is 5.82. The van der Waals surface area contributed by atoms with E-state index in [1.165, 1.54) is 29.0 Å². The fourth-order valence-corrected chi connectivity index (χ4v) is 1.94. The number of rotatable bonds is 5. The molecule has 0 amide bonds. The third-order valence-electron chi connectivity index (χ3n) is 2.28. The van der Waals surface area contributed by atoms with Crippen LogP contribution in [0.3, 0.4) is 0 Å². The van der Waals surface area contributed by atoms with Gasteiger partial charge in [-0.25, -0.2) is 5.43 Å². The van der Waals surface area contributed by atoms with Gasteiger partial charge < -0.3 is 8.83 Å². The molecule has 0 atom stereocenters.